The van der Waals surface area contributed by atoms with Crippen LogP contribution < -0.4 is 5.73 Å². The Balaban J connectivity index is 3.90. The average Bonchev–Trinajstić information content (AvgIpc) is 3.31. The lowest BCUT2D eigenvalue weighted by atomic mass is 10.0. The number of allylic oxidation sites excluding steroid dienone is 10. The molecule has 0 heterocycles. The van der Waals surface area contributed by atoms with Crippen LogP contribution in [0.4, 0.5) is 0 Å². The number of phosphoric ester groups is 1. The summed E-state index contributed by atoms with van der Waals surface area (Å²) in [6, 6.07) is 0. The first-order valence-corrected chi connectivity index (χ1v) is 29.3. The number of hydrogen-bond acceptors (Lipinski definition) is 7. The van der Waals surface area contributed by atoms with Gasteiger partial charge in [0, 0.05) is 19.6 Å². The molecule has 0 saturated heterocycles. The minimum atomic E-state index is -4.29. The van der Waals surface area contributed by atoms with Gasteiger partial charge in [0.2, 0.25) is 0 Å². The van der Waals surface area contributed by atoms with Crippen LogP contribution >= 0.6 is 7.82 Å². The lowest BCUT2D eigenvalue weighted by Crippen LogP contribution is -2.28. The number of carbonyl (C=O) groups excluding carboxylic acids is 1. The quantitative estimate of drug-likeness (QED) is 0.0268. The van der Waals surface area contributed by atoms with E-state index in [0.29, 0.717) is 13.0 Å². The average molecular weight is 948 g/mol. The highest BCUT2D eigenvalue weighted by molar-refractivity contribution is 7.47. The summed E-state index contributed by atoms with van der Waals surface area (Å²) in [6.45, 7) is 4.84. The molecule has 0 bridgehead atoms. The molecule has 0 fully saturated rings. The van der Waals surface area contributed by atoms with Crippen LogP contribution in [0.25, 0.3) is 0 Å². The van der Waals surface area contributed by atoms with Crippen molar-refractivity contribution in [3.8, 4) is 0 Å². The molecule has 0 aromatic rings. The highest BCUT2D eigenvalue weighted by Crippen LogP contribution is 2.43. The SMILES string of the molecule is CC/C=C\C/C=C\C/C=C\C/C=C\CCCCCCCCCCCCCOCC(COP(=O)(O)OCCN)OC(=O)CCCCCCCCCCCCC/C=C\CCCCCCCCCC. The molecule has 2 atom stereocenters. The monoisotopic (exact) mass is 948 g/mol. The Morgan fingerprint density at radius 2 is 0.848 bits per heavy atom. The second kappa shape index (κ2) is 54.1. The van der Waals surface area contributed by atoms with Crippen LogP contribution in [0.15, 0.2) is 60.8 Å². The summed E-state index contributed by atoms with van der Waals surface area (Å²) in [5.74, 6) is -0.330. The largest absolute Gasteiger partial charge is 0.472 e. The molecular weight excluding hydrogens is 842 g/mol. The van der Waals surface area contributed by atoms with Gasteiger partial charge in [0.1, 0.15) is 6.10 Å². The van der Waals surface area contributed by atoms with Gasteiger partial charge in [0.25, 0.3) is 0 Å². The molecule has 3 N–H and O–H groups in total. The maximum absolute atomic E-state index is 12.7. The Hall–Kier alpha value is -1.80. The number of esters is 1. The summed E-state index contributed by atoms with van der Waals surface area (Å²) >= 11 is 0. The van der Waals surface area contributed by atoms with Gasteiger partial charge >= 0.3 is 13.8 Å². The maximum atomic E-state index is 12.7. The van der Waals surface area contributed by atoms with E-state index in [-0.39, 0.29) is 32.3 Å². The van der Waals surface area contributed by atoms with Crippen LogP contribution in [0.3, 0.4) is 0 Å². The first kappa shape index (κ1) is 64.2. The highest BCUT2D eigenvalue weighted by atomic mass is 31.2. The minimum absolute atomic E-state index is 0.0972. The van der Waals surface area contributed by atoms with E-state index in [9.17, 15) is 14.3 Å². The predicted octanol–water partition coefficient (Wildman–Crippen LogP) is 17.7. The molecule has 8 nitrogen and oxygen atoms in total. The van der Waals surface area contributed by atoms with E-state index in [0.717, 1.165) is 57.8 Å². The van der Waals surface area contributed by atoms with Crippen LogP contribution in [0.1, 0.15) is 258 Å². The number of carbonyl (C=O) groups is 1. The van der Waals surface area contributed by atoms with Crippen LogP contribution in [-0.4, -0.2) is 49.9 Å². The minimum Gasteiger partial charge on any atom is -0.457 e. The second-order valence-electron chi connectivity index (χ2n) is 18.4. The van der Waals surface area contributed by atoms with E-state index < -0.39 is 13.9 Å². The number of phosphoric acid groups is 1. The van der Waals surface area contributed by atoms with Gasteiger partial charge in [0.05, 0.1) is 19.8 Å². The second-order valence-corrected chi connectivity index (χ2v) is 19.9. The Morgan fingerprint density at radius 3 is 1.29 bits per heavy atom. The third kappa shape index (κ3) is 53.2. The summed E-state index contributed by atoms with van der Waals surface area (Å²) in [5, 5.41) is 0. The fraction of sp³-hybridized carbons (Fsp3) is 0.807. The zero-order valence-electron chi connectivity index (χ0n) is 43.2. The van der Waals surface area contributed by atoms with Crippen molar-refractivity contribution >= 4 is 13.8 Å². The van der Waals surface area contributed by atoms with Crippen LogP contribution in [-0.2, 0) is 27.9 Å². The van der Waals surface area contributed by atoms with Gasteiger partial charge < -0.3 is 20.1 Å². The molecule has 0 radical (unpaired) electrons. The summed E-state index contributed by atoms with van der Waals surface area (Å²) in [4.78, 5) is 22.7. The molecule has 0 amide bonds. The van der Waals surface area contributed by atoms with Crippen molar-refractivity contribution in [1.82, 2.24) is 0 Å². The van der Waals surface area contributed by atoms with Crippen molar-refractivity contribution in [1.29, 1.82) is 0 Å². The number of nitrogens with two attached hydrogens (primary N) is 1. The number of ether oxygens (including phenoxy) is 2. The third-order valence-electron chi connectivity index (χ3n) is 11.9. The van der Waals surface area contributed by atoms with Crippen molar-refractivity contribution < 1.29 is 32.8 Å². The van der Waals surface area contributed by atoms with Gasteiger partial charge in [-0.25, -0.2) is 4.57 Å². The smallest absolute Gasteiger partial charge is 0.457 e. The molecule has 2 unspecified atom stereocenters. The Labute approximate surface area is 408 Å². The van der Waals surface area contributed by atoms with Gasteiger partial charge in [-0.3, -0.25) is 13.8 Å². The number of unbranched alkanes of at least 4 members (excludes halogenated alkanes) is 30. The highest BCUT2D eigenvalue weighted by Gasteiger charge is 2.25. The van der Waals surface area contributed by atoms with E-state index in [4.69, 9.17) is 24.3 Å². The summed E-state index contributed by atoms with van der Waals surface area (Å²) < 4.78 is 33.7. The molecule has 386 valence electrons. The van der Waals surface area contributed by atoms with Gasteiger partial charge in [-0.1, -0.05) is 235 Å². The zero-order chi connectivity index (χ0) is 48.0. The Morgan fingerprint density at radius 1 is 0.470 bits per heavy atom. The fourth-order valence-electron chi connectivity index (χ4n) is 7.87. The van der Waals surface area contributed by atoms with Crippen molar-refractivity contribution in [3.63, 3.8) is 0 Å². The van der Waals surface area contributed by atoms with Crippen molar-refractivity contribution in [2.75, 3.05) is 33.0 Å². The van der Waals surface area contributed by atoms with Gasteiger partial charge in [-0.05, 0) is 77.0 Å². The first-order valence-electron chi connectivity index (χ1n) is 27.8. The molecular formula is C57H106NO7P. The number of hydrogen-bond donors (Lipinski definition) is 2. The molecule has 0 aliphatic rings. The lowest BCUT2D eigenvalue weighted by Gasteiger charge is -2.20. The van der Waals surface area contributed by atoms with Crippen LogP contribution in [0, 0.1) is 0 Å². The maximum Gasteiger partial charge on any atom is 0.472 e. The Kier molecular flexibility index (Phi) is 52.7. The van der Waals surface area contributed by atoms with E-state index >= 15 is 0 Å². The summed E-state index contributed by atoms with van der Waals surface area (Å²) in [7, 11) is -4.29. The molecule has 0 aliphatic carbocycles. The molecule has 9 heteroatoms. The van der Waals surface area contributed by atoms with Gasteiger partial charge in [-0.2, -0.15) is 0 Å². The van der Waals surface area contributed by atoms with E-state index in [1.165, 1.54) is 180 Å². The topological polar surface area (TPSA) is 117 Å². The molecule has 66 heavy (non-hydrogen) atoms. The molecule has 0 aromatic carbocycles. The summed E-state index contributed by atoms with van der Waals surface area (Å²) in [5.41, 5.74) is 5.40. The molecule has 0 rings (SSSR count). The van der Waals surface area contributed by atoms with Crippen molar-refractivity contribution in [2.24, 2.45) is 5.73 Å². The normalized spacial score (nSPS) is 13.7. The van der Waals surface area contributed by atoms with Crippen LogP contribution in [0.2, 0.25) is 0 Å². The molecule has 0 aliphatic heterocycles. The molecule has 0 saturated carbocycles. The molecule has 0 aromatic heterocycles. The Bertz CT molecular complexity index is 1200. The van der Waals surface area contributed by atoms with E-state index in [1.807, 2.05) is 0 Å². The standard InChI is InChI=1S/C57H106NO7P/c1-3-5-7-9-11-13-15-17-19-21-23-25-27-29-31-33-35-37-39-41-43-45-47-49-52-62-54-56(55-64-66(60,61)63-53-51-58)65-57(59)50-48-46-44-42-40-38-36-34-32-30-28-26-24-22-20-18-16-14-12-10-8-6-4-2/h5,7,11,13,17,19,22-25,56H,3-4,6,8-10,12,14-16,18,20-21,26-55,58H2,1-2H3,(H,60,61)/b7-5-,13-11-,19-17-,24-22-,25-23-. The predicted molar refractivity (Wildman–Crippen MR) is 284 cm³/mol. The first-order chi connectivity index (χ1) is 32.4. The van der Waals surface area contributed by atoms with Crippen molar-refractivity contribution in [3.05, 3.63) is 60.8 Å². The fourth-order valence-corrected chi connectivity index (χ4v) is 8.63. The van der Waals surface area contributed by atoms with Gasteiger partial charge in [0.15, 0.2) is 0 Å². The van der Waals surface area contributed by atoms with Crippen molar-refractivity contribution in [2.45, 2.75) is 264 Å². The number of rotatable bonds is 53. The van der Waals surface area contributed by atoms with E-state index in [1.54, 1.807) is 0 Å². The zero-order valence-corrected chi connectivity index (χ0v) is 44.1. The third-order valence-corrected chi connectivity index (χ3v) is 12.9. The van der Waals surface area contributed by atoms with Gasteiger partial charge in [-0.15, -0.1) is 0 Å². The van der Waals surface area contributed by atoms with Crippen LogP contribution in [0.5, 0.6) is 0 Å². The molecule has 0 spiro atoms. The van der Waals surface area contributed by atoms with E-state index in [2.05, 4.69) is 74.6 Å². The summed E-state index contributed by atoms with van der Waals surface area (Å²) in [6.07, 6.45) is 68.4. The lowest BCUT2D eigenvalue weighted by molar-refractivity contribution is -0.154.